The van der Waals surface area contributed by atoms with E-state index in [2.05, 4.69) is 32.0 Å². The van der Waals surface area contributed by atoms with Gasteiger partial charge in [0.15, 0.2) is 0 Å². The van der Waals surface area contributed by atoms with Gasteiger partial charge in [-0.05, 0) is 48.3 Å². The molecule has 3 nitrogen and oxygen atoms in total. The smallest absolute Gasteiger partial charge is 0.265 e. The van der Waals surface area contributed by atoms with Gasteiger partial charge in [-0.1, -0.05) is 24.1 Å². The van der Waals surface area contributed by atoms with E-state index in [4.69, 9.17) is 0 Å². The maximum atomic E-state index is 11.8. The summed E-state index contributed by atoms with van der Waals surface area (Å²) in [6.45, 7) is 6.06. The monoisotopic (exact) mass is 306 g/mol. The Hall–Kier alpha value is -1.42. The second-order valence-corrected chi connectivity index (χ2v) is 5.20. The van der Waals surface area contributed by atoms with Gasteiger partial charge in [0.2, 0.25) is 0 Å². The van der Waals surface area contributed by atoms with Crippen LogP contribution in [-0.4, -0.2) is 9.97 Å². The van der Waals surface area contributed by atoms with Crippen LogP contribution in [0.15, 0.2) is 27.5 Å². The van der Waals surface area contributed by atoms with Crippen LogP contribution in [0.5, 0.6) is 0 Å². The minimum Gasteiger partial charge on any atom is -0.306 e. The molecule has 0 spiro atoms. The Balaban J connectivity index is 2.64. The van der Waals surface area contributed by atoms with Crippen LogP contribution < -0.4 is 5.56 Å². The molecular weight excluding hydrogens is 292 g/mol. The van der Waals surface area contributed by atoms with Crippen molar-refractivity contribution in [1.82, 2.24) is 9.97 Å². The molecule has 2 rings (SSSR count). The summed E-state index contributed by atoms with van der Waals surface area (Å²) >= 11 is 3.27. The summed E-state index contributed by atoms with van der Waals surface area (Å²) in [6, 6.07) is 6.15. The molecule has 18 heavy (non-hydrogen) atoms. The molecule has 1 N–H and O–H groups in total. The van der Waals surface area contributed by atoms with Crippen LogP contribution in [0.1, 0.15) is 23.7 Å². The van der Waals surface area contributed by atoms with Crippen LogP contribution in [0.3, 0.4) is 0 Å². The SMILES string of the molecule is CCc1nc(-c2cc(C)cc(C)c2)[nH]c(=O)c1Br. The zero-order chi connectivity index (χ0) is 13.3. The van der Waals surface area contributed by atoms with Crippen LogP contribution >= 0.6 is 15.9 Å². The normalized spacial score (nSPS) is 10.7. The van der Waals surface area contributed by atoms with E-state index in [0.29, 0.717) is 10.3 Å². The number of rotatable bonds is 2. The molecule has 0 saturated heterocycles. The first-order valence-electron chi connectivity index (χ1n) is 5.88. The van der Waals surface area contributed by atoms with Crippen molar-refractivity contribution in [2.45, 2.75) is 27.2 Å². The molecule has 1 aromatic heterocycles. The Morgan fingerprint density at radius 2 is 1.83 bits per heavy atom. The number of H-pyrrole nitrogens is 1. The van der Waals surface area contributed by atoms with Crippen molar-refractivity contribution in [3.05, 3.63) is 49.8 Å². The molecule has 0 aliphatic rings. The lowest BCUT2D eigenvalue weighted by Gasteiger charge is -2.07. The zero-order valence-corrected chi connectivity index (χ0v) is 12.3. The third-order valence-electron chi connectivity index (χ3n) is 2.76. The van der Waals surface area contributed by atoms with Gasteiger partial charge in [-0.3, -0.25) is 4.79 Å². The average Bonchev–Trinajstić information content (AvgIpc) is 2.31. The second kappa shape index (κ2) is 5.06. The van der Waals surface area contributed by atoms with E-state index < -0.39 is 0 Å². The van der Waals surface area contributed by atoms with Gasteiger partial charge in [0.1, 0.15) is 10.3 Å². The van der Waals surface area contributed by atoms with Crippen molar-refractivity contribution in [3.8, 4) is 11.4 Å². The van der Waals surface area contributed by atoms with Gasteiger partial charge in [-0.15, -0.1) is 0 Å². The summed E-state index contributed by atoms with van der Waals surface area (Å²) in [5, 5.41) is 0. The van der Waals surface area contributed by atoms with Gasteiger partial charge < -0.3 is 4.98 Å². The molecule has 0 fully saturated rings. The van der Waals surface area contributed by atoms with Crippen molar-refractivity contribution in [2.75, 3.05) is 0 Å². The first-order valence-corrected chi connectivity index (χ1v) is 6.68. The van der Waals surface area contributed by atoms with E-state index >= 15 is 0 Å². The van der Waals surface area contributed by atoms with Crippen molar-refractivity contribution < 1.29 is 0 Å². The molecule has 0 unspecified atom stereocenters. The number of aryl methyl sites for hydroxylation is 3. The predicted octanol–water partition coefficient (Wildman–Crippen LogP) is 3.38. The number of nitrogens with one attached hydrogen (secondary N) is 1. The quantitative estimate of drug-likeness (QED) is 0.924. The van der Waals surface area contributed by atoms with Crippen LogP contribution in [0, 0.1) is 13.8 Å². The van der Waals surface area contributed by atoms with Crippen molar-refractivity contribution in [2.24, 2.45) is 0 Å². The molecule has 0 atom stereocenters. The number of aromatic amines is 1. The first-order chi connectivity index (χ1) is 8.51. The van der Waals surface area contributed by atoms with E-state index in [1.54, 1.807) is 0 Å². The molecule has 2 aromatic rings. The summed E-state index contributed by atoms with van der Waals surface area (Å²) in [4.78, 5) is 19.1. The molecule has 0 aliphatic heterocycles. The van der Waals surface area contributed by atoms with E-state index in [9.17, 15) is 4.79 Å². The third kappa shape index (κ3) is 2.53. The highest BCUT2D eigenvalue weighted by atomic mass is 79.9. The van der Waals surface area contributed by atoms with Gasteiger partial charge in [0.05, 0.1) is 5.69 Å². The Labute approximate surface area is 114 Å². The van der Waals surface area contributed by atoms with Crippen molar-refractivity contribution in [1.29, 1.82) is 0 Å². The zero-order valence-electron chi connectivity index (χ0n) is 10.7. The Morgan fingerprint density at radius 3 is 2.39 bits per heavy atom. The molecule has 1 heterocycles. The maximum Gasteiger partial charge on any atom is 0.265 e. The van der Waals surface area contributed by atoms with Crippen LogP contribution in [0.2, 0.25) is 0 Å². The molecular formula is C14H15BrN2O. The standard InChI is InChI=1S/C14H15BrN2O/c1-4-11-12(15)14(18)17-13(16-11)10-6-8(2)5-9(3)7-10/h5-7H,4H2,1-3H3,(H,16,17,18). The summed E-state index contributed by atoms with van der Waals surface area (Å²) in [5.41, 5.74) is 3.93. The van der Waals surface area contributed by atoms with E-state index in [0.717, 1.165) is 28.8 Å². The molecule has 0 aliphatic carbocycles. The van der Waals surface area contributed by atoms with E-state index in [-0.39, 0.29) is 5.56 Å². The van der Waals surface area contributed by atoms with Gasteiger partial charge in [0, 0.05) is 5.56 Å². The highest BCUT2D eigenvalue weighted by Gasteiger charge is 2.09. The Morgan fingerprint density at radius 1 is 1.22 bits per heavy atom. The lowest BCUT2D eigenvalue weighted by atomic mass is 10.1. The van der Waals surface area contributed by atoms with Gasteiger partial charge in [0.25, 0.3) is 5.56 Å². The van der Waals surface area contributed by atoms with E-state index in [1.165, 1.54) is 0 Å². The summed E-state index contributed by atoms with van der Waals surface area (Å²) in [7, 11) is 0. The topological polar surface area (TPSA) is 45.8 Å². The first kappa shape index (κ1) is 13.0. The lowest BCUT2D eigenvalue weighted by Crippen LogP contribution is -2.13. The second-order valence-electron chi connectivity index (χ2n) is 4.41. The summed E-state index contributed by atoms with van der Waals surface area (Å²) < 4.78 is 0.526. The number of halogens is 1. The Kier molecular flexibility index (Phi) is 3.66. The third-order valence-corrected chi connectivity index (χ3v) is 3.58. The number of hydrogen-bond donors (Lipinski definition) is 1. The fourth-order valence-corrected chi connectivity index (χ4v) is 2.46. The minimum atomic E-state index is -0.129. The molecule has 1 aromatic carbocycles. The predicted molar refractivity (Wildman–Crippen MR) is 76.8 cm³/mol. The number of aromatic nitrogens is 2. The van der Waals surface area contributed by atoms with Gasteiger partial charge in [-0.25, -0.2) is 4.98 Å². The molecule has 4 heteroatoms. The largest absolute Gasteiger partial charge is 0.306 e. The fourth-order valence-electron chi connectivity index (χ4n) is 1.99. The molecule has 0 saturated carbocycles. The Bertz CT molecular complexity index is 626. The van der Waals surface area contributed by atoms with E-state index in [1.807, 2.05) is 32.9 Å². The lowest BCUT2D eigenvalue weighted by molar-refractivity contribution is 0.970. The highest BCUT2D eigenvalue weighted by Crippen LogP contribution is 2.20. The van der Waals surface area contributed by atoms with Crippen LogP contribution in [0.25, 0.3) is 11.4 Å². The number of benzene rings is 1. The van der Waals surface area contributed by atoms with Crippen molar-refractivity contribution in [3.63, 3.8) is 0 Å². The molecule has 94 valence electrons. The molecule has 0 bridgehead atoms. The van der Waals surface area contributed by atoms with Crippen LogP contribution in [0.4, 0.5) is 0 Å². The molecule has 0 amide bonds. The highest BCUT2D eigenvalue weighted by molar-refractivity contribution is 9.10. The maximum absolute atomic E-state index is 11.8. The summed E-state index contributed by atoms with van der Waals surface area (Å²) in [5.74, 6) is 0.631. The number of nitrogens with zero attached hydrogens (tertiary/aromatic N) is 1. The van der Waals surface area contributed by atoms with Crippen LogP contribution in [-0.2, 0) is 6.42 Å². The van der Waals surface area contributed by atoms with Crippen molar-refractivity contribution >= 4 is 15.9 Å². The van der Waals surface area contributed by atoms with Gasteiger partial charge in [-0.2, -0.15) is 0 Å². The van der Waals surface area contributed by atoms with Gasteiger partial charge >= 0.3 is 0 Å². The minimum absolute atomic E-state index is 0.129. The average molecular weight is 307 g/mol. The number of hydrogen-bond acceptors (Lipinski definition) is 2. The molecule has 0 radical (unpaired) electrons. The fraction of sp³-hybridized carbons (Fsp3) is 0.286. The summed E-state index contributed by atoms with van der Waals surface area (Å²) in [6.07, 6.45) is 0.725.